The van der Waals surface area contributed by atoms with Crippen LogP contribution in [0.2, 0.25) is 0 Å². The zero-order chi connectivity index (χ0) is 11.8. The predicted octanol–water partition coefficient (Wildman–Crippen LogP) is 1.65. The van der Waals surface area contributed by atoms with Crippen LogP contribution in [0.4, 0.5) is 11.6 Å². The van der Waals surface area contributed by atoms with E-state index >= 15 is 0 Å². The summed E-state index contributed by atoms with van der Waals surface area (Å²) in [5.74, 6) is 1.67. The molecule has 1 N–H and O–H groups in total. The SMILES string of the molecule is CCCNc1cc(N(C)CCC#N)ncn1. The predicted molar refractivity (Wildman–Crippen MR) is 64.3 cm³/mol. The van der Waals surface area contributed by atoms with Gasteiger partial charge in [0.05, 0.1) is 12.5 Å². The molecule has 0 aliphatic carbocycles. The number of aromatic nitrogens is 2. The van der Waals surface area contributed by atoms with Crippen molar-refractivity contribution in [2.75, 3.05) is 30.4 Å². The standard InChI is InChI=1S/C11H17N5/c1-3-6-13-10-8-11(15-9-14-10)16(2)7-4-5-12/h8-9H,3-4,6-7H2,1-2H3,(H,13,14,15). The monoisotopic (exact) mass is 219 g/mol. The highest BCUT2D eigenvalue weighted by molar-refractivity contribution is 5.47. The molecule has 86 valence electrons. The summed E-state index contributed by atoms with van der Waals surface area (Å²) in [4.78, 5) is 10.2. The van der Waals surface area contributed by atoms with Gasteiger partial charge in [0.1, 0.15) is 18.0 Å². The highest BCUT2D eigenvalue weighted by Gasteiger charge is 2.03. The Bertz CT molecular complexity index is 358. The first-order chi connectivity index (χ1) is 7.77. The van der Waals surface area contributed by atoms with Crippen molar-refractivity contribution in [2.45, 2.75) is 19.8 Å². The summed E-state index contributed by atoms with van der Waals surface area (Å²) < 4.78 is 0. The topological polar surface area (TPSA) is 64.8 Å². The Hall–Kier alpha value is -1.83. The fraction of sp³-hybridized carbons (Fsp3) is 0.545. The molecule has 1 aromatic heterocycles. The number of nitrogens with one attached hydrogen (secondary N) is 1. The summed E-state index contributed by atoms with van der Waals surface area (Å²) in [5, 5.41) is 11.7. The molecule has 0 saturated heterocycles. The highest BCUT2D eigenvalue weighted by atomic mass is 15.2. The maximum Gasteiger partial charge on any atom is 0.133 e. The zero-order valence-corrected chi connectivity index (χ0v) is 9.77. The Morgan fingerprint density at radius 3 is 3.00 bits per heavy atom. The summed E-state index contributed by atoms with van der Waals surface area (Å²) in [6, 6.07) is 4.01. The lowest BCUT2D eigenvalue weighted by Gasteiger charge is -2.16. The van der Waals surface area contributed by atoms with Crippen LogP contribution in [0.15, 0.2) is 12.4 Å². The van der Waals surface area contributed by atoms with Crippen LogP contribution in [-0.2, 0) is 0 Å². The van der Waals surface area contributed by atoms with Gasteiger partial charge in [-0.3, -0.25) is 0 Å². The Balaban J connectivity index is 2.62. The van der Waals surface area contributed by atoms with Crippen LogP contribution in [0.1, 0.15) is 19.8 Å². The van der Waals surface area contributed by atoms with E-state index in [1.807, 2.05) is 18.0 Å². The molecular weight excluding hydrogens is 202 g/mol. The number of hydrogen-bond donors (Lipinski definition) is 1. The summed E-state index contributed by atoms with van der Waals surface area (Å²) in [6.07, 6.45) is 3.10. The van der Waals surface area contributed by atoms with Gasteiger partial charge in [0.25, 0.3) is 0 Å². The van der Waals surface area contributed by atoms with E-state index in [0.717, 1.165) is 24.6 Å². The molecule has 1 heterocycles. The van der Waals surface area contributed by atoms with E-state index in [-0.39, 0.29) is 0 Å². The first kappa shape index (κ1) is 12.2. The van der Waals surface area contributed by atoms with Gasteiger partial charge in [-0.1, -0.05) is 6.92 Å². The second-order valence-corrected chi connectivity index (χ2v) is 3.52. The molecule has 0 unspecified atom stereocenters. The van der Waals surface area contributed by atoms with E-state index in [0.29, 0.717) is 13.0 Å². The van der Waals surface area contributed by atoms with E-state index in [1.54, 1.807) is 0 Å². The molecule has 0 radical (unpaired) electrons. The molecule has 0 spiro atoms. The van der Waals surface area contributed by atoms with Gasteiger partial charge in [0.15, 0.2) is 0 Å². The smallest absolute Gasteiger partial charge is 0.133 e. The van der Waals surface area contributed by atoms with Gasteiger partial charge < -0.3 is 10.2 Å². The van der Waals surface area contributed by atoms with Gasteiger partial charge in [0, 0.05) is 26.2 Å². The zero-order valence-electron chi connectivity index (χ0n) is 9.77. The molecule has 0 aliphatic rings. The molecule has 5 heteroatoms. The molecule has 0 amide bonds. The van der Waals surface area contributed by atoms with Crippen LogP contribution in [0, 0.1) is 11.3 Å². The van der Waals surface area contributed by atoms with Gasteiger partial charge in [-0.15, -0.1) is 0 Å². The molecular formula is C11H17N5. The van der Waals surface area contributed by atoms with Crippen LogP contribution in [-0.4, -0.2) is 30.1 Å². The number of nitrogens with zero attached hydrogens (tertiary/aromatic N) is 4. The molecule has 0 aliphatic heterocycles. The summed E-state index contributed by atoms with van der Waals surface area (Å²) in [6.45, 7) is 3.69. The molecule has 1 aromatic rings. The maximum atomic E-state index is 8.51. The molecule has 0 bridgehead atoms. The molecule has 16 heavy (non-hydrogen) atoms. The molecule has 0 saturated carbocycles. The van der Waals surface area contributed by atoms with E-state index < -0.39 is 0 Å². The second-order valence-electron chi connectivity index (χ2n) is 3.52. The van der Waals surface area contributed by atoms with Crippen molar-refractivity contribution in [3.63, 3.8) is 0 Å². The van der Waals surface area contributed by atoms with Crippen molar-refractivity contribution in [1.29, 1.82) is 5.26 Å². The van der Waals surface area contributed by atoms with Crippen molar-refractivity contribution >= 4 is 11.6 Å². The quantitative estimate of drug-likeness (QED) is 0.788. The Morgan fingerprint density at radius 1 is 1.50 bits per heavy atom. The number of hydrogen-bond acceptors (Lipinski definition) is 5. The molecule has 1 rings (SSSR count). The summed E-state index contributed by atoms with van der Waals surface area (Å²) in [5.41, 5.74) is 0. The normalized spacial score (nSPS) is 9.56. The van der Waals surface area contributed by atoms with E-state index in [4.69, 9.17) is 5.26 Å². The van der Waals surface area contributed by atoms with Crippen LogP contribution in [0.3, 0.4) is 0 Å². The lowest BCUT2D eigenvalue weighted by Crippen LogP contribution is -2.19. The minimum atomic E-state index is 0.498. The lowest BCUT2D eigenvalue weighted by molar-refractivity contribution is 0.877. The first-order valence-electron chi connectivity index (χ1n) is 5.42. The average Bonchev–Trinajstić information content (AvgIpc) is 2.33. The van der Waals surface area contributed by atoms with Gasteiger partial charge in [-0.25, -0.2) is 9.97 Å². The number of anilines is 2. The van der Waals surface area contributed by atoms with Crippen molar-refractivity contribution in [2.24, 2.45) is 0 Å². The molecule has 0 fully saturated rings. The molecule has 0 aromatic carbocycles. The second kappa shape index (κ2) is 6.62. The Morgan fingerprint density at radius 2 is 2.31 bits per heavy atom. The van der Waals surface area contributed by atoms with Crippen molar-refractivity contribution in [3.05, 3.63) is 12.4 Å². The Kier molecular flexibility index (Phi) is 5.06. The van der Waals surface area contributed by atoms with Crippen molar-refractivity contribution in [3.8, 4) is 6.07 Å². The van der Waals surface area contributed by atoms with Gasteiger partial charge in [0.2, 0.25) is 0 Å². The minimum Gasteiger partial charge on any atom is -0.370 e. The largest absolute Gasteiger partial charge is 0.370 e. The van der Waals surface area contributed by atoms with E-state index in [1.165, 1.54) is 6.33 Å². The maximum absolute atomic E-state index is 8.51. The molecule has 5 nitrogen and oxygen atoms in total. The van der Waals surface area contributed by atoms with Crippen LogP contribution in [0.5, 0.6) is 0 Å². The van der Waals surface area contributed by atoms with Gasteiger partial charge in [-0.05, 0) is 6.42 Å². The third-order valence-electron chi connectivity index (χ3n) is 2.16. The van der Waals surface area contributed by atoms with Crippen LogP contribution >= 0.6 is 0 Å². The average molecular weight is 219 g/mol. The Labute approximate surface area is 96.1 Å². The fourth-order valence-corrected chi connectivity index (χ4v) is 1.24. The first-order valence-corrected chi connectivity index (χ1v) is 5.42. The third-order valence-corrected chi connectivity index (χ3v) is 2.16. The number of rotatable bonds is 6. The van der Waals surface area contributed by atoms with Gasteiger partial charge >= 0.3 is 0 Å². The molecule has 0 atom stereocenters. The van der Waals surface area contributed by atoms with Crippen molar-refractivity contribution < 1.29 is 0 Å². The van der Waals surface area contributed by atoms with Gasteiger partial charge in [-0.2, -0.15) is 5.26 Å². The van der Waals surface area contributed by atoms with E-state index in [9.17, 15) is 0 Å². The van der Waals surface area contributed by atoms with Crippen molar-refractivity contribution in [1.82, 2.24) is 9.97 Å². The summed E-state index contributed by atoms with van der Waals surface area (Å²) in [7, 11) is 1.92. The lowest BCUT2D eigenvalue weighted by atomic mass is 10.4. The van der Waals surface area contributed by atoms with Crippen LogP contribution < -0.4 is 10.2 Å². The number of nitriles is 1. The third kappa shape index (κ3) is 3.73. The van der Waals surface area contributed by atoms with E-state index in [2.05, 4.69) is 28.3 Å². The minimum absolute atomic E-state index is 0.498. The van der Waals surface area contributed by atoms with Crippen LogP contribution in [0.25, 0.3) is 0 Å². The summed E-state index contributed by atoms with van der Waals surface area (Å²) >= 11 is 0. The highest BCUT2D eigenvalue weighted by Crippen LogP contribution is 2.12. The fourth-order valence-electron chi connectivity index (χ4n) is 1.24.